The molecule has 2 aliphatic rings. The highest BCUT2D eigenvalue weighted by atomic mass is 35.5. The topological polar surface area (TPSA) is 84.2 Å². The lowest BCUT2D eigenvalue weighted by Gasteiger charge is -2.30. The van der Waals surface area contributed by atoms with Crippen molar-refractivity contribution < 1.29 is 9.90 Å². The summed E-state index contributed by atoms with van der Waals surface area (Å²) in [5.41, 5.74) is -0.118. The van der Waals surface area contributed by atoms with Gasteiger partial charge in [-0.15, -0.1) is 0 Å². The van der Waals surface area contributed by atoms with E-state index in [1.807, 2.05) is 0 Å². The molecule has 3 rings (SSSR count). The third-order valence-corrected chi connectivity index (χ3v) is 5.92. The molecule has 1 fully saturated rings. The van der Waals surface area contributed by atoms with Crippen LogP contribution in [0.2, 0.25) is 5.15 Å². The molecule has 6 nitrogen and oxygen atoms in total. The molecule has 0 aromatic carbocycles. The van der Waals surface area contributed by atoms with E-state index in [-0.39, 0.29) is 28.0 Å². The highest BCUT2D eigenvalue weighted by Crippen LogP contribution is 2.49. The van der Waals surface area contributed by atoms with Gasteiger partial charge in [0.15, 0.2) is 11.0 Å². The van der Waals surface area contributed by atoms with Gasteiger partial charge in [-0.3, -0.25) is 9.36 Å². The molecule has 1 aromatic rings. The third-order valence-electron chi connectivity index (χ3n) is 5.65. The zero-order valence-corrected chi connectivity index (χ0v) is 15.6. The van der Waals surface area contributed by atoms with Gasteiger partial charge in [0.2, 0.25) is 0 Å². The molecule has 0 bridgehead atoms. The molecular formula is C18H26ClN3O3. The fraction of sp³-hybridized carbons (Fsp3) is 0.722. The summed E-state index contributed by atoms with van der Waals surface area (Å²) in [5.74, 6) is -0.789. The zero-order chi connectivity index (χ0) is 18.2. The number of fused-ring (bicyclic) bond motifs is 1. The van der Waals surface area contributed by atoms with Crippen LogP contribution in [0.5, 0.6) is 0 Å². The van der Waals surface area contributed by atoms with Gasteiger partial charge in [-0.2, -0.15) is 0 Å². The minimum absolute atomic E-state index is 0.188. The largest absolute Gasteiger partial charge is 0.480 e. The second-order valence-electron chi connectivity index (χ2n) is 7.39. The summed E-state index contributed by atoms with van der Waals surface area (Å²) >= 11 is 6.51. The summed E-state index contributed by atoms with van der Waals surface area (Å²) in [4.78, 5) is 29.2. The number of anilines is 1. The fourth-order valence-electron chi connectivity index (χ4n) is 4.40. The van der Waals surface area contributed by atoms with Crippen molar-refractivity contribution in [1.82, 2.24) is 9.55 Å². The second kappa shape index (κ2) is 6.98. The van der Waals surface area contributed by atoms with Crippen LogP contribution in [-0.4, -0.2) is 26.7 Å². The minimum Gasteiger partial charge on any atom is -0.480 e. The van der Waals surface area contributed by atoms with E-state index in [1.165, 1.54) is 4.57 Å². The van der Waals surface area contributed by atoms with Crippen molar-refractivity contribution >= 4 is 23.4 Å². The fourth-order valence-corrected chi connectivity index (χ4v) is 4.78. The molecule has 7 heteroatoms. The van der Waals surface area contributed by atoms with Crippen LogP contribution in [0.25, 0.3) is 0 Å². The zero-order valence-electron chi connectivity index (χ0n) is 14.8. The molecule has 1 atom stereocenters. The average Bonchev–Trinajstić information content (AvgIpc) is 2.84. The van der Waals surface area contributed by atoms with Crippen LogP contribution < -0.4 is 10.9 Å². The number of hydrogen-bond acceptors (Lipinski definition) is 4. The molecule has 2 heterocycles. The maximum Gasteiger partial charge on any atom is 0.326 e. The molecule has 1 aromatic heterocycles. The molecule has 2 N–H and O–H groups in total. The van der Waals surface area contributed by atoms with Crippen molar-refractivity contribution in [2.75, 3.05) is 5.32 Å². The van der Waals surface area contributed by atoms with Gasteiger partial charge in [-0.25, -0.2) is 9.78 Å². The number of halogens is 1. The van der Waals surface area contributed by atoms with E-state index in [2.05, 4.69) is 24.1 Å². The summed E-state index contributed by atoms with van der Waals surface area (Å²) in [6, 6.07) is -0.640. The monoisotopic (exact) mass is 367 g/mol. The quantitative estimate of drug-likeness (QED) is 0.767. The molecular weight excluding hydrogens is 342 g/mol. The highest BCUT2D eigenvalue weighted by Gasteiger charge is 2.48. The molecule has 0 unspecified atom stereocenters. The van der Waals surface area contributed by atoms with Crippen LogP contribution in [0.4, 0.5) is 5.82 Å². The first-order valence-electron chi connectivity index (χ1n) is 9.25. The van der Waals surface area contributed by atoms with E-state index < -0.39 is 12.0 Å². The molecule has 1 aliphatic heterocycles. The average molecular weight is 368 g/mol. The van der Waals surface area contributed by atoms with Crippen molar-refractivity contribution in [3.63, 3.8) is 0 Å². The van der Waals surface area contributed by atoms with Crippen molar-refractivity contribution in [1.29, 1.82) is 0 Å². The normalized spacial score (nSPS) is 21.6. The van der Waals surface area contributed by atoms with Crippen molar-refractivity contribution in [3.05, 3.63) is 21.2 Å². The number of carbonyl (C=O) groups is 1. The maximum atomic E-state index is 13.0. The van der Waals surface area contributed by atoms with Crippen LogP contribution in [-0.2, 0) is 10.2 Å². The number of hydrogen-bond donors (Lipinski definition) is 2. The first kappa shape index (κ1) is 18.2. The van der Waals surface area contributed by atoms with Gasteiger partial charge in [0.25, 0.3) is 5.56 Å². The molecule has 138 valence electrons. The molecule has 0 saturated heterocycles. The van der Waals surface area contributed by atoms with Gasteiger partial charge >= 0.3 is 5.97 Å². The number of aromatic nitrogens is 2. The van der Waals surface area contributed by atoms with Crippen LogP contribution in [0.1, 0.15) is 76.9 Å². The van der Waals surface area contributed by atoms with Crippen LogP contribution in [0, 0.1) is 0 Å². The highest BCUT2D eigenvalue weighted by molar-refractivity contribution is 6.30. The van der Waals surface area contributed by atoms with Gasteiger partial charge in [-0.1, -0.05) is 38.3 Å². The Hall–Kier alpha value is -1.56. The summed E-state index contributed by atoms with van der Waals surface area (Å²) in [6.07, 6.45) is 6.95. The lowest BCUT2D eigenvalue weighted by Crippen LogP contribution is -2.36. The van der Waals surface area contributed by atoms with Gasteiger partial charge in [0, 0.05) is 11.5 Å². The van der Waals surface area contributed by atoms with E-state index in [1.54, 1.807) is 0 Å². The SMILES string of the molecule is CCCC1(CCC)C[C@@H](C(=O)O)n2c1c(Cl)nc(NC1CCC1)c2=O. The van der Waals surface area contributed by atoms with Crippen molar-refractivity contribution in [2.45, 2.75) is 82.7 Å². The summed E-state index contributed by atoms with van der Waals surface area (Å²) < 4.78 is 1.41. The number of rotatable bonds is 7. The number of carboxylic acid groups (broad SMARTS) is 1. The van der Waals surface area contributed by atoms with Crippen molar-refractivity contribution in [2.24, 2.45) is 0 Å². The Labute approximate surface area is 152 Å². The molecule has 1 saturated carbocycles. The summed E-state index contributed by atoms with van der Waals surface area (Å²) in [5, 5.41) is 13.1. The van der Waals surface area contributed by atoms with Gasteiger partial charge in [0.1, 0.15) is 6.04 Å². The number of carboxylic acids is 1. The van der Waals surface area contributed by atoms with E-state index in [9.17, 15) is 14.7 Å². The smallest absolute Gasteiger partial charge is 0.326 e. The standard InChI is InChI=1S/C18H26ClN3O3/c1-3-8-18(9-4-2)10-12(17(24)25)22-13(18)14(19)21-15(16(22)23)20-11-6-5-7-11/h11-12H,3-10H2,1-2H3,(H,20,21)(H,24,25)/t12-/m0/s1. The first-order chi connectivity index (χ1) is 11.9. The van der Waals surface area contributed by atoms with E-state index >= 15 is 0 Å². The summed E-state index contributed by atoms with van der Waals surface area (Å²) in [6.45, 7) is 4.14. The Kier molecular flexibility index (Phi) is 5.09. The Morgan fingerprint density at radius 2 is 2.00 bits per heavy atom. The molecule has 0 radical (unpaired) electrons. The van der Waals surface area contributed by atoms with Crippen LogP contribution in [0.3, 0.4) is 0 Å². The number of nitrogens with zero attached hydrogens (tertiary/aromatic N) is 2. The Balaban J connectivity index is 2.15. The van der Waals surface area contributed by atoms with E-state index in [4.69, 9.17) is 11.6 Å². The Morgan fingerprint density at radius 3 is 2.48 bits per heavy atom. The van der Waals surface area contributed by atoms with Gasteiger partial charge < -0.3 is 10.4 Å². The molecule has 1 aliphatic carbocycles. The lowest BCUT2D eigenvalue weighted by atomic mass is 9.74. The maximum absolute atomic E-state index is 13.0. The van der Waals surface area contributed by atoms with Crippen molar-refractivity contribution in [3.8, 4) is 0 Å². The lowest BCUT2D eigenvalue weighted by molar-refractivity contribution is -0.141. The molecule has 0 spiro atoms. The molecule has 25 heavy (non-hydrogen) atoms. The first-order valence-corrected chi connectivity index (χ1v) is 9.63. The van der Waals surface area contributed by atoms with Gasteiger partial charge in [-0.05, 0) is 38.5 Å². The predicted octanol–water partition coefficient (Wildman–Crippen LogP) is 3.73. The third kappa shape index (κ3) is 3.05. The minimum atomic E-state index is -0.978. The number of nitrogens with one attached hydrogen (secondary N) is 1. The summed E-state index contributed by atoms with van der Waals surface area (Å²) in [7, 11) is 0. The second-order valence-corrected chi connectivity index (χ2v) is 7.74. The van der Waals surface area contributed by atoms with Gasteiger partial charge in [0.05, 0.1) is 5.69 Å². The van der Waals surface area contributed by atoms with Crippen LogP contribution >= 0.6 is 11.6 Å². The van der Waals surface area contributed by atoms with E-state index in [0.717, 1.165) is 44.9 Å². The Bertz CT molecular complexity index is 721. The number of aliphatic carboxylic acids is 1. The van der Waals surface area contributed by atoms with E-state index in [0.29, 0.717) is 12.1 Å². The molecule has 0 amide bonds. The van der Waals surface area contributed by atoms with Crippen LogP contribution in [0.15, 0.2) is 4.79 Å². The Morgan fingerprint density at radius 1 is 1.36 bits per heavy atom. The predicted molar refractivity (Wildman–Crippen MR) is 97.6 cm³/mol.